The maximum Gasteiger partial charge on any atom is 0.328 e. The molecule has 2 atom stereocenters. The summed E-state index contributed by atoms with van der Waals surface area (Å²) in [6.45, 7) is 0. The summed E-state index contributed by atoms with van der Waals surface area (Å²) in [5.41, 5.74) is 1.69. The van der Waals surface area contributed by atoms with E-state index < -0.39 is 18.1 Å². The van der Waals surface area contributed by atoms with E-state index >= 15 is 0 Å². The third kappa shape index (κ3) is 4.74. The van der Waals surface area contributed by atoms with E-state index in [-0.39, 0.29) is 12.3 Å². The Morgan fingerprint density at radius 1 is 1.06 bits per heavy atom. The average Bonchev–Trinajstić information content (AvgIpc) is 2.79. The summed E-state index contributed by atoms with van der Waals surface area (Å²) < 4.78 is 22.1. The lowest BCUT2D eigenvalue weighted by Gasteiger charge is -2.30. The third-order valence-electron chi connectivity index (χ3n) is 5.46. The Balaban J connectivity index is 2.16. The molecular weight excluding hydrogens is 400 g/mol. The number of benzene rings is 2. The van der Waals surface area contributed by atoms with Crippen LogP contribution in [-0.4, -0.2) is 64.3 Å². The number of esters is 1. The van der Waals surface area contributed by atoms with E-state index in [2.05, 4.69) is 5.32 Å². The van der Waals surface area contributed by atoms with Crippen LogP contribution in [0.1, 0.15) is 11.1 Å². The first-order chi connectivity index (χ1) is 14.9. The lowest BCUT2D eigenvalue weighted by Crippen LogP contribution is -2.52. The quantitative estimate of drug-likeness (QED) is 0.747. The summed E-state index contributed by atoms with van der Waals surface area (Å²) in [5.74, 6) is 1.27. The van der Waals surface area contributed by atoms with Crippen LogP contribution < -0.4 is 19.5 Å². The Morgan fingerprint density at radius 3 is 2.35 bits per heavy atom. The molecule has 0 spiro atoms. The topological polar surface area (TPSA) is 86.3 Å². The van der Waals surface area contributed by atoms with Gasteiger partial charge in [0.1, 0.15) is 11.8 Å². The summed E-state index contributed by atoms with van der Waals surface area (Å²) >= 11 is 0. The van der Waals surface area contributed by atoms with E-state index in [4.69, 9.17) is 18.9 Å². The SMILES string of the molecule is CN[C@H]1Cc2ccc(cc2)Oc2cc(cc(OC)c2OC)C[C@@H](C(=O)OC)N(C)C1=O. The number of nitrogens with zero attached hydrogens (tertiary/aromatic N) is 1. The molecule has 166 valence electrons. The van der Waals surface area contributed by atoms with Gasteiger partial charge < -0.3 is 29.2 Å². The van der Waals surface area contributed by atoms with Crippen LogP contribution >= 0.6 is 0 Å². The fraction of sp³-hybridized carbons (Fsp3) is 0.391. The average molecular weight is 428 g/mol. The minimum Gasteiger partial charge on any atom is -0.493 e. The molecule has 0 unspecified atom stereocenters. The molecule has 2 aliphatic heterocycles. The molecule has 4 bridgehead atoms. The Bertz CT molecular complexity index is 944. The van der Waals surface area contributed by atoms with Gasteiger partial charge in [-0.15, -0.1) is 0 Å². The second-order valence-corrected chi connectivity index (χ2v) is 7.31. The fourth-order valence-corrected chi connectivity index (χ4v) is 3.68. The molecule has 0 fully saturated rings. The van der Waals surface area contributed by atoms with Crippen LogP contribution in [0.5, 0.6) is 23.0 Å². The van der Waals surface area contributed by atoms with Crippen LogP contribution in [0, 0.1) is 0 Å². The van der Waals surface area contributed by atoms with E-state index in [0.29, 0.717) is 29.4 Å². The van der Waals surface area contributed by atoms with Crippen LogP contribution in [-0.2, 0) is 27.2 Å². The molecule has 0 saturated carbocycles. The van der Waals surface area contributed by atoms with Gasteiger partial charge in [0.25, 0.3) is 0 Å². The van der Waals surface area contributed by atoms with Gasteiger partial charge in [0, 0.05) is 13.5 Å². The minimum absolute atomic E-state index is 0.198. The summed E-state index contributed by atoms with van der Waals surface area (Å²) in [6, 6.07) is 9.75. The molecule has 4 rings (SSSR count). The van der Waals surface area contributed by atoms with Crippen molar-refractivity contribution >= 4 is 11.9 Å². The number of amides is 1. The first kappa shape index (κ1) is 22.4. The lowest BCUT2D eigenvalue weighted by atomic mass is 10.0. The smallest absolute Gasteiger partial charge is 0.328 e. The molecule has 1 amide bonds. The number of likely N-dealkylation sites (N-methyl/N-ethyl adjacent to an activating group) is 2. The van der Waals surface area contributed by atoms with Gasteiger partial charge in [0.2, 0.25) is 11.7 Å². The van der Waals surface area contributed by atoms with Gasteiger partial charge in [-0.05, 0) is 48.9 Å². The van der Waals surface area contributed by atoms with Gasteiger partial charge >= 0.3 is 5.97 Å². The monoisotopic (exact) mass is 428 g/mol. The Kier molecular flexibility index (Phi) is 7.02. The maximum atomic E-state index is 13.2. The van der Waals surface area contributed by atoms with E-state index in [1.807, 2.05) is 24.3 Å². The summed E-state index contributed by atoms with van der Waals surface area (Å²) in [4.78, 5) is 27.3. The molecule has 2 aromatic carbocycles. The van der Waals surface area contributed by atoms with Crippen molar-refractivity contribution in [1.82, 2.24) is 10.2 Å². The van der Waals surface area contributed by atoms with Crippen molar-refractivity contribution in [3.8, 4) is 23.0 Å². The van der Waals surface area contributed by atoms with Crippen LogP contribution in [0.3, 0.4) is 0 Å². The highest BCUT2D eigenvalue weighted by molar-refractivity contribution is 5.88. The zero-order chi connectivity index (χ0) is 22.5. The predicted octanol–water partition coefficient (Wildman–Crippen LogP) is 2.18. The Hall–Kier alpha value is -3.26. The van der Waals surface area contributed by atoms with Crippen molar-refractivity contribution in [3.63, 3.8) is 0 Å². The van der Waals surface area contributed by atoms with Crippen molar-refractivity contribution in [2.75, 3.05) is 35.4 Å². The van der Waals surface area contributed by atoms with Gasteiger partial charge in [-0.25, -0.2) is 4.79 Å². The molecule has 1 N–H and O–H groups in total. The zero-order valence-corrected chi connectivity index (χ0v) is 18.4. The van der Waals surface area contributed by atoms with E-state index in [9.17, 15) is 9.59 Å². The van der Waals surface area contributed by atoms with Crippen molar-refractivity contribution in [1.29, 1.82) is 0 Å². The standard InChI is InChI=1S/C23H28N2O6/c1-24-17-10-14-6-8-16(9-7-14)31-20-13-15(12-19(28-3)21(20)29-4)11-18(23(27)30-5)25(2)22(17)26/h6-9,12-13,17-18,24H,10-11H2,1-5H3/t17-,18-/m0/s1. The number of carbonyl (C=O) groups is 2. The third-order valence-corrected chi connectivity index (χ3v) is 5.46. The molecule has 8 nitrogen and oxygen atoms in total. The number of hydrogen-bond acceptors (Lipinski definition) is 7. The highest BCUT2D eigenvalue weighted by Crippen LogP contribution is 2.41. The largest absolute Gasteiger partial charge is 0.493 e. The number of nitrogens with one attached hydrogen (secondary N) is 1. The first-order valence-corrected chi connectivity index (χ1v) is 9.95. The number of carbonyl (C=O) groups excluding carboxylic acids is 2. The normalized spacial score (nSPS) is 18.7. The van der Waals surface area contributed by atoms with Gasteiger partial charge in [0.15, 0.2) is 11.5 Å². The summed E-state index contributed by atoms with van der Waals surface area (Å²) in [6.07, 6.45) is 0.690. The molecule has 8 heteroatoms. The van der Waals surface area contributed by atoms with Crippen LogP contribution in [0.25, 0.3) is 0 Å². The molecule has 2 aliphatic rings. The van der Waals surface area contributed by atoms with Gasteiger partial charge in [-0.3, -0.25) is 4.79 Å². The number of rotatable bonds is 4. The Labute approximate surface area is 182 Å². The number of methoxy groups -OCH3 is 3. The molecule has 31 heavy (non-hydrogen) atoms. The van der Waals surface area contributed by atoms with Gasteiger partial charge in [0.05, 0.1) is 27.4 Å². The predicted molar refractivity (Wildman–Crippen MR) is 115 cm³/mol. The van der Waals surface area contributed by atoms with Crippen LogP contribution in [0.4, 0.5) is 0 Å². The van der Waals surface area contributed by atoms with E-state index in [0.717, 1.165) is 11.1 Å². The highest BCUT2D eigenvalue weighted by atomic mass is 16.5. The maximum absolute atomic E-state index is 13.2. The first-order valence-electron chi connectivity index (χ1n) is 9.95. The fourth-order valence-electron chi connectivity index (χ4n) is 3.68. The second kappa shape index (κ2) is 9.70. The molecule has 2 aromatic rings. The van der Waals surface area contributed by atoms with Crippen LogP contribution in [0.2, 0.25) is 0 Å². The molecule has 0 aromatic heterocycles. The van der Waals surface area contributed by atoms with Crippen LogP contribution in [0.15, 0.2) is 36.4 Å². The van der Waals surface area contributed by atoms with Crippen molar-refractivity contribution < 1.29 is 28.5 Å². The number of ether oxygens (including phenoxy) is 4. The molecular formula is C23H28N2O6. The van der Waals surface area contributed by atoms with E-state index in [1.165, 1.54) is 26.2 Å². The molecule has 0 radical (unpaired) electrons. The molecule has 0 aliphatic carbocycles. The van der Waals surface area contributed by atoms with E-state index in [1.54, 1.807) is 26.2 Å². The number of hydrogen-bond donors (Lipinski definition) is 1. The summed E-state index contributed by atoms with van der Waals surface area (Å²) in [5, 5.41) is 3.06. The zero-order valence-electron chi connectivity index (χ0n) is 18.4. The highest BCUT2D eigenvalue weighted by Gasteiger charge is 2.32. The lowest BCUT2D eigenvalue weighted by molar-refractivity contribution is -0.152. The van der Waals surface area contributed by atoms with Gasteiger partial charge in [-0.1, -0.05) is 12.1 Å². The van der Waals surface area contributed by atoms with Crippen molar-refractivity contribution in [2.24, 2.45) is 0 Å². The number of fused-ring (bicyclic) bond motifs is 7. The molecule has 2 heterocycles. The minimum atomic E-state index is -0.817. The van der Waals surface area contributed by atoms with Crippen molar-refractivity contribution in [2.45, 2.75) is 24.9 Å². The molecule has 0 saturated heterocycles. The second-order valence-electron chi connectivity index (χ2n) is 7.31. The van der Waals surface area contributed by atoms with Crippen molar-refractivity contribution in [3.05, 3.63) is 47.5 Å². The van der Waals surface area contributed by atoms with Gasteiger partial charge in [-0.2, -0.15) is 0 Å². The summed E-state index contributed by atoms with van der Waals surface area (Å²) in [7, 11) is 7.72. The Morgan fingerprint density at radius 2 is 1.77 bits per heavy atom.